The van der Waals surface area contributed by atoms with Crippen LogP contribution in [-0.2, 0) is 19.1 Å². The molecule has 0 aliphatic carbocycles. The van der Waals surface area contributed by atoms with Gasteiger partial charge in [-0.05, 0) is 19.8 Å². The van der Waals surface area contributed by atoms with Gasteiger partial charge in [-0.1, -0.05) is 15.9 Å². The smallest absolute Gasteiger partial charge is 0.343 e. The van der Waals surface area contributed by atoms with Gasteiger partial charge in [0.25, 0.3) is 0 Å². The molecule has 1 aliphatic rings. The second-order valence-electron chi connectivity index (χ2n) is 3.02. The van der Waals surface area contributed by atoms with E-state index in [1.165, 1.54) is 0 Å². The van der Waals surface area contributed by atoms with Gasteiger partial charge in [0.05, 0.1) is 11.4 Å². The Kier molecular flexibility index (Phi) is 4.54. The van der Waals surface area contributed by atoms with E-state index in [9.17, 15) is 9.59 Å². The predicted molar refractivity (Wildman–Crippen MR) is 53.3 cm³/mol. The Morgan fingerprint density at radius 3 is 3.07 bits per heavy atom. The Morgan fingerprint density at radius 1 is 1.71 bits per heavy atom. The highest BCUT2D eigenvalue weighted by atomic mass is 79.9. The lowest BCUT2D eigenvalue weighted by Gasteiger charge is -2.13. The molecule has 0 saturated carbocycles. The number of alkyl halides is 1. The highest BCUT2D eigenvalue weighted by Gasteiger charge is 2.34. The van der Waals surface area contributed by atoms with E-state index in [-0.39, 0.29) is 17.2 Å². The summed E-state index contributed by atoms with van der Waals surface area (Å²) in [7, 11) is 0. The fourth-order valence-corrected chi connectivity index (χ4v) is 1.82. The van der Waals surface area contributed by atoms with Crippen molar-refractivity contribution >= 4 is 27.7 Å². The third kappa shape index (κ3) is 2.78. The lowest BCUT2D eigenvalue weighted by molar-refractivity contribution is -0.160. The molecule has 5 heteroatoms. The fourth-order valence-electron chi connectivity index (χ4n) is 1.25. The highest BCUT2D eigenvalue weighted by Crippen LogP contribution is 2.18. The van der Waals surface area contributed by atoms with Gasteiger partial charge in [0.1, 0.15) is 0 Å². The van der Waals surface area contributed by atoms with E-state index in [1.54, 1.807) is 6.92 Å². The summed E-state index contributed by atoms with van der Waals surface area (Å²) in [6, 6.07) is 0. The first kappa shape index (κ1) is 11.7. The minimum Gasteiger partial charge on any atom is -0.464 e. The Hall–Kier alpha value is -0.420. The molecule has 0 bridgehead atoms. The van der Waals surface area contributed by atoms with Crippen molar-refractivity contribution in [1.29, 1.82) is 0 Å². The number of ether oxygens (including phenoxy) is 2. The van der Waals surface area contributed by atoms with Crippen LogP contribution in [0, 0.1) is 0 Å². The third-order valence-electron chi connectivity index (χ3n) is 1.95. The molecular formula is C9H13BrO4. The zero-order valence-electron chi connectivity index (χ0n) is 7.99. The Morgan fingerprint density at radius 2 is 2.43 bits per heavy atom. The summed E-state index contributed by atoms with van der Waals surface area (Å²) in [5.41, 5.74) is 0. The number of hydrogen-bond acceptors (Lipinski definition) is 4. The summed E-state index contributed by atoms with van der Waals surface area (Å²) in [4.78, 5) is 22.6. The van der Waals surface area contributed by atoms with Crippen LogP contribution in [0.15, 0.2) is 0 Å². The standard InChI is InChI=1S/C9H13BrO4/c1-2-13-9(12)8-7(11)6(10)4-3-5-14-8/h6,8H,2-5H2,1H3. The molecule has 2 unspecified atom stereocenters. The molecule has 0 aromatic heterocycles. The first-order valence-corrected chi connectivity index (χ1v) is 5.54. The maximum atomic E-state index is 11.6. The molecule has 0 aromatic rings. The van der Waals surface area contributed by atoms with E-state index in [4.69, 9.17) is 9.47 Å². The minimum atomic E-state index is -1.04. The summed E-state index contributed by atoms with van der Waals surface area (Å²) in [5.74, 6) is -0.815. The molecule has 0 radical (unpaired) electrons. The zero-order chi connectivity index (χ0) is 10.6. The molecule has 80 valence electrons. The molecule has 1 rings (SSSR count). The van der Waals surface area contributed by atoms with Gasteiger partial charge in [-0.3, -0.25) is 4.79 Å². The van der Waals surface area contributed by atoms with Gasteiger partial charge in [0, 0.05) is 6.61 Å². The maximum Gasteiger partial charge on any atom is 0.343 e. The second-order valence-corrected chi connectivity index (χ2v) is 4.12. The van der Waals surface area contributed by atoms with Crippen LogP contribution in [-0.4, -0.2) is 35.9 Å². The van der Waals surface area contributed by atoms with E-state index in [0.29, 0.717) is 13.0 Å². The van der Waals surface area contributed by atoms with Crippen LogP contribution >= 0.6 is 15.9 Å². The maximum absolute atomic E-state index is 11.6. The molecule has 1 aliphatic heterocycles. The van der Waals surface area contributed by atoms with Gasteiger partial charge >= 0.3 is 5.97 Å². The van der Waals surface area contributed by atoms with Gasteiger partial charge in [-0.15, -0.1) is 0 Å². The first-order chi connectivity index (χ1) is 6.66. The lowest BCUT2D eigenvalue weighted by atomic mass is 10.1. The summed E-state index contributed by atoms with van der Waals surface area (Å²) in [6.45, 7) is 2.39. The molecule has 0 amide bonds. The molecule has 0 N–H and O–H groups in total. The van der Waals surface area contributed by atoms with Crippen LogP contribution in [0.3, 0.4) is 0 Å². The van der Waals surface area contributed by atoms with E-state index < -0.39 is 12.1 Å². The first-order valence-electron chi connectivity index (χ1n) is 4.63. The van der Waals surface area contributed by atoms with Gasteiger partial charge in [-0.25, -0.2) is 4.79 Å². The van der Waals surface area contributed by atoms with Gasteiger partial charge in [0.2, 0.25) is 6.10 Å². The van der Waals surface area contributed by atoms with Crippen LogP contribution in [0.5, 0.6) is 0 Å². The van der Waals surface area contributed by atoms with Crippen molar-refractivity contribution in [3.63, 3.8) is 0 Å². The van der Waals surface area contributed by atoms with E-state index in [0.717, 1.165) is 6.42 Å². The van der Waals surface area contributed by atoms with Crippen LogP contribution in [0.1, 0.15) is 19.8 Å². The van der Waals surface area contributed by atoms with Crippen molar-refractivity contribution in [1.82, 2.24) is 0 Å². The Bertz CT molecular complexity index is 229. The molecule has 1 saturated heterocycles. The quantitative estimate of drug-likeness (QED) is 0.425. The average Bonchev–Trinajstić information content (AvgIpc) is 2.31. The number of carbonyl (C=O) groups excluding carboxylic acids is 2. The molecule has 0 aromatic carbocycles. The molecule has 2 atom stereocenters. The number of ketones is 1. The van der Waals surface area contributed by atoms with E-state index >= 15 is 0 Å². The summed E-state index contributed by atoms with van der Waals surface area (Å²) < 4.78 is 9.90. The molecule has 1 fully saturated rings. The minimum absolute atomic E-state index is 0.235. The Balaban J connectivity index is 2.64. The fraction of sp³-hybridized carbons (Fsp3) is 0.778. The highest BCUT2D eigenvalue weighted by molar-refractivity contribution is 9.10. The van der Waals surface area contributed by atoms with Crippen molar-refractivity contribution in [2.45, 2.75) is 30.7 Å². The van der Waals surface area contributed by atoms with Gasteiger partial charge in [-0.2, -0.15) is 0 Å². The van der Waals surface area contributed by atoms with E-state index in [2.05, 4.69) is 15.9 Å². The van der Waals surface area contributed by atoms with Crippen molar-refractivity contribution < 1.29 is 19.1 Å². The number of hydrogen-bond donors (Lipinski definition) is 0. The molecule has 4 nitrogen and oxygen atoms in total. The predicted octanol–water partition coefficient (Wildman–Crippen LogP) is 1.06. The third-order valence-corrected chi connectivity index (χ3v) is 2.86. The summed E-state index contributed by atoms with van der Waals surface area (Å²) in [6.07, 6.45) is 0.438. The lowest BCUT2D eigenvalue weighted by Crippen LogP contribution is -2.37. The molecule has 1 heterocycles. The average molecular weight is 265 g/mol. The topological polar surface area (TPSA) is 52.6 Å². The van der Waals surface area contributed by atoms with Crippen LogP contribution in [0.25, 0.3) is 0 Å². The molecule has 0 spiro atoms. The van der Waals surface area contributed by atoms with Crippen LogP contribution < -0.4 is 0 Å². The van der Waals surface area contributed by atoms with Crippen LogP contribution in [0.2, 0.25) is 0 Å². The van der Waals surface area contributed by atoms with Crippen molar-refractivity contribution in [2.75, 3.05) is 13.2 Å². The molecular weight excluding hydrogens is 252 g/mol. The van der Waals surface area contributed by atoms with Crippen LogP contribution in [0.4, 0.5) is 0 Å². The second kappa shape index (κ2) is 5.46. The number of halogens is 1. The Labute approximate surface area is 91.1 Å². The van der Waals surface area contributed by atoms with Crippen molar-refractivity contribution in [3.8, 4) is 0 Å². The number of Topliss-reactive ketones (excluding diaryl/α,β-unsaturated/α-hetero) is 1. The molecule has 14 heavy (non-hydrogen) atoms. The van der Waals surface area contributed by atoms with E-state index in [1.807, 2.05) is 0 Å². The number of carbonyl (C=O) groups is 2. The van der Waals surface area contributed by atoms with Crippen molar-refractivity contribution in [2.24, 2.45) is 0 Å². The number of rotatable bonds is 2. The summed E-state index contributed by atoms with van der Waals surface area (Å²) >= 11 is 3.23. The SMILES string of the molecule is CCOC(=O)C1OCCCC(Br)C1=O. The largest absolute Gasteiger partial charge is 0.464 e. The van der Waals surface area contributed by atoms with Crippen molar-refractivity contribution in [3.05, 3.63) is 0 Å². The number of esters is 1. The zero-order valence-corrected chi connectivity index (χ0v) is 9.58. The van der Waals surface area contributed by atoms with Gasteiger partial charge < -0.3 is 9.47 Å². The van der Waals surface area contributed by atoms with Gasteiger partial charge in [0.15, 0.2) is 5.78 Å². The normalized spacial score (nSPS) is 28.3. The summed E-state index contributed by atoms with van der Waals surface area (Å²) in [5, 5.41) is 0. The monoisotopic (exact) mass is 264 g/mol.